The number of nitrogens with one attached hydrogen (secondary N) is 1. The van der Waals surface area contributed by atoms with Crippen LogP contribution in [0.5, 0.6) is 0 Å². The van der Waals surface area contributed by atoms with Gasteiger partial charge in [0.05, 0.1) is 24.1 Å². The van der Waals surface area contributed by atoms with Crippen LogP contribution in [-0.2, 0) is 10.6 Å². The standard InChI is InChI=1S/C10H8BrClN2O2/c1-16-10(15)5-2-6(11)9-7(3-5)13-8(4-12)14-9/h2-3H,4H2,1H3,(H,13,14). The molecule has 0 spiro atoms. The SMILES string of the molecule is COC(=O)c1cc(Br)c2nc(CCl)[nH]c2c1. The summed E-state index contributed by atoms with van der Waals surface area (Å²) in [5.74, 6) is 0.582. The molecule has 1 aromatic carbocycles. The molecule has 0 atom stereocenters. The Kier molecular flexibility index (Phi) is 3.16. The van der Waals surface area contributed by atoms with Crippen LogP contribution < -0.4 is 0 Å². The highest BCUT2D eigenvalue weighted by atomic mass is 79.9. The Morgan fingerprint density at radius 2 is 2.38 bits per heavy atom. The number of esters is 1. The molecule has 2 rings (SSSR count). The maximum atomic E-state index is 11.4. The van der Waals surface area contributed by atoms with Crippen LogP contribution in [-0.4, -0.2) is 23.0 Å². The lowest BCUT2D eigenvalue weighted by Crippen LogP contribution is -2.00. The number of fused-ring (bicyclic) bond motifs is 1. The summed E-state index contributed by atoms with van der Waals surface area (Å²) in [6.07, 6.45) is 0. The van der Waals surface area contributed by atoms with E-state index in [-0.39, 0.29) is 5.97 Å². The first-order chi connectivity index (χ1) is 7.65. The average Bonchev–Trinajstić information content (AvgIpc) is 2.71. The summed E-state index contributed by atoms with van der Waals surface area (Å²) < 4.78 is 5.39. The maximum absolute atomic E-state index is 11.4. The van der Waals surface area contributed by atoms with Gasteiger partial charge in [-0.3, -0.25) is 0 Å². The van der Waals surface area contributed by atoms with E-state index < -0.39 is 0 Å². The summed E-state index contributed by atoms with van der Waals surface area (Å²) in [4.78, 5) is 18.7. The summed E-state index contributed by atoms with van der Waals surface area (Å²) in [6, 6.07) is 3.36. The van der Waals surface area contributed by atoms with Crippen LogP contribution in [0.25, 0.3) is 11.0 Å². The predicted octanol–water partition coefficient (Wildman–Crippen LogP) is 2.85. The van der Waals surface area contributed by atoms with Crippen molar-refractivity contribution in [2.45, 2.75) is 5.88 Å². The molecule has 0 amide bonds. The van der Waals surface area contributed by atoms with Gasteiger partial charge < -0.3 is 9.72 Å². The number of halogens is 2. The molecular weight excluding hydrogens is 295 g/mol. The first-order valence-corrected chi connectivity index (χ1v) is 5.81. The quantitative estimate of drug-likeness (QED) is 0.685. The minimum absolute atomic E-state index is 0.300. The van der Waals surface area contributed by atoms with E-state index in [0.717, 1.165) is 15.5 Å². The second-order valence-electron chi connectivity index (χ2n) is 3.16. The minimum atomic E-state index is -0.385. The number of alkyl halides is 1. The molecule has 0 radical (unpaired) electrons. The Hall–Kier alpha value is -1.07. The second-order valence-corrected chi connectivity index (χ2v) is 4.28. The van der Waals surface area contributed by atoms with Gasteiger partial charge in [-0.15, -0.1) is 11.6 Å². The first kappa shape index (κ1) is 11.4. The fourth-order valence-corrected chi connectivity index (χ4v) is 2.10. The van der Waals surface area contributed by atoms with Gasteiger partial charge in [0.25, 0.3) is 0 Å². The molecule has 0 aliphatic heterocycles. The molecule has 0 saturated heterocycles. The van der Waals surface area contributed by atoms with E-state index in [1.165, 1.54) is 7.11 Å². The van der Waals surface area contributed by atoms with E-state index in [4.69, 9.17) is 11.6 Å². The van der Waals surface area contributed by atoms with Gasteiger partial charge in [-0.05, 0) is 28.1 Å². The van der Waals surface area contributed by atoms with Crippen molar-refractivity contribution in [3.05, 3.63) is 28.0 Å². The molecule has 84 valence electrons. The number of rotatable bonds is 2. The third-order valence-electron chi connectivity index (χ3n) is 2.14. The summed E-state index contributed by atoms with van der Waals surface area (Å²) in [5, 5.41) is 0. The molecule has 1 N–H and O–H groups in total. The third-order valence-corrected chi connectivity index (χ3v) is 2.99. The van der Waals surface area contributed by atoms with Crippen molar-refractivity contribution >= 4 is 44.5 Å². The number of nitrogens with zero attached hydrogens (tertiary/aromatic N) is 1. The second kappa shape index (κ2) is 4.43. The maximum Gasteiger partial charge on any atom is 0.337 e. The van der Waals surface area contributed by atoms with Crippen molar-refractivity contribution in [2.75, 3.05) is 7.11 Å². The summed E-state index contributed by atoms with van der Waals surface area (Å²) in [7, 11) is 1.34. The number of aromatic nitrogens is 2. The van der Waals surface area contributed by atoms with Crippen LogP contribution >= 0.6 is 27.5 Å². The number of H-pyrrole nitrogens is 1. The lowest BCUT2D eigenvalue weighted by atomic mass is 10.2. The van der Waals surface area contributed by atoms with Gasteiger partial charge in [0.1, 0.15) is 11.3 Å². The van der Waals surface area contributed by atoms with E-state index in [2.05, 4.69) is 30.6 Å². The summed E-state index contributed by atoms with van der Waals surface area (Å²) in [6.45, 7) is 0. The monoisotopic (exact) mass is 302 g/mol. The normalized spacial score (nSPS) is 10.7. The molecule has 1 heterocycles. The van der Waals surface area contributed by atoms with Gasteiger partial charge in [-0.1, -0.05) is 0 Å². The molecular formula is C10H8BrClN2O2. The largest absolute Gasteiger partial charge is 0.465 e. The molecule has 1 aromatic heterocycles. The molecule has 0 fully saturated rings. The Morgan fingerprint density at radius 3 is 3.00 bits per heavy atom. The van der Waals surface area contributed by atoms with E-state index in [0.29, 0.717) is 17.3 Å². The lowest BCUT2D eigenvalue weighted by molar-refractivity contribution is 0.0601. The Morgan fingerprint density at radius 1 is 1.62 bits per heavy atom. The highest BCUT2D eigenvalue weighted by Gasteiger charge is 2.12. The van der Waals surface area contributed by atoms with Crippen molar-refractivity contribution in [3.8, 4) is 0 Å². The van der Waals surface area contributed by atoms with Crippen molar-refractivity contribution in [1.29, 1.82) is 0 Å². The number of aromatic amines is 1. The molecule has 0 saturated carbocycles. The summed E-state index contributed by atoms with van der Waals surface area (Å²) >= 11 is 9.03. The van der Waals surface area contributed by atoms with E-state index in [9.17, 15) is 4.79 Å². The van der Waals surface area contributed by atoms with Crippen molar-refractivity contribution in [3.63, 3.8) is 0 Å². The summed E-state index contributed by atoms with van der Waals surface area (Å²) in [5.41, 5.74) is 1.97. The molecule has 6 heteroatoms. The van der Waals surface area contributed by atoms with Crippen LogP contribution in [0.1, 0.15) is 16.2 Å². The highest BCUT2D eigenvalue weighted by Crippen LogP contribution is 2.24. The molecule has 2 aromatic rings. The topological polar surface area (TPSA) is 55.0 Å². The van der Waals surface area contributed by atoms with Gasteiger partial charge >= 0.3 is 5.97 Å². The van der Waals surface area contributed by atoms with Gasteiger partial charge in [0.15, 0.2) is 0 Å². The van der Waals surface area contributed by atoms with Crippen molar-refractivity contribution in [2.24, 2.45) is 0 Å². The number of methoxy groups -OCH3 is 1. The first-order valence-electron chi connectivity index (χ1n) is 4.48. The van der Waals surface area contributed by atoms with Crippen LogP contribution in [0.3, 0.4) is 0 Å². The Balaban J connectivity index is 2.61. The number of carbonyl (C=O) groups excluding carboxylic acids is 1. The molecule has 0 unspecified atom stereocenters. The lowest BCUT2D eigenvalue weighted by Gasteiger charge is -2.00. The van der Waals surface area contributed by atoms with Crippen molar-refractivity contribution in [1.82, 2.24) is 9.97 Å². The van der Waals surface area contributed by atoms with Gasteiger partial charge in [0.2, 0.25) is 0 Å². The van der Waals surface area contributed by atoms with Gasteiger partial charge in [0, 0.05) is 4.47 Å². The number of ether oxygens (including phenoxy) is 1. The number of hydrogen-bond acceptors (Lipinski definition) is 3. The van der Waals surface area contributed by atoms with E-state index in [1.807, 2.05) is 0 Å². The Labute approximate surface area is 105 Å². The van der Waals surface area contributed by atoms with Crippen molar-refractivity contribution < 1.29 is 9.53 Å². The zero-order valence-electron chi connectivity index (χ0n) is 8.38. The molecule has 0 aliphatic carbocycles. The fourth-order valence-electron chi connectivity index (χ4n) is 1.43. The fraction of sp³-hybridized carbons (Fsp3) is 0.200. The average molecular weight is 304 g/mol. The van der Waals surface area contributed by atoms with Gasteiger partial charge in [-0.25, -0.2) is 9.78 Å². The van der Waals surface area contributed by atoms with E-state index >= 15 is 0 Å². The van der Waals surface area contributed by atoms with Crippen LogP contribution in [0.4, 0.5) is 0 Å². The third kappa shape index (κ3) is 1.92. The molecule has 0 aliphatic rings. The number of carbonyl (C=O) groups is 1. The zero-order valence-corrected chi connectivity index (χ0v) is 10.7. The predicted molar refractivity (Wildman–Crippen MR) is 64.7 cm³/mol. The van der Waals surface area contributed by atoms with Crippen LogP contribution in [0.2, 0.25) is 0 Å². The molecule has 0 bridgehead atoms. The number of imidazole rings is 1. The number of hydrogen-bond donors (Lipinski definition) is 1. The van der Waals surface area contributed by atoms with E-state index in [1.54, 1.807) is 12.1 Å². The minimum Gasteiger partial charge on any atom is -0.465 e. The molecule has 16 heavy (non-hydrogen) atoms. The molecule has 4 nitrogen and oxygen atoms in total. The Bertz CT molecular complexity index is 553. The van der Waals surface area contributed by atoms with Gasteiger partial charge in [-0.2, -0.15) is 0 Å². The van der Waals surface area contributed by atoms with Crippen LogP contribution in [0.15, 0.2) is 16.6 Å². The zero-order chi connectivity index (χ0) is 11.7. The van der Waals surface area contributed by atoms with Crippen LogP contribution in [0, 0.1) is 0 Å². The highest BCUT2D eigenvalue weighted by molar-refractivity contribution is 9.10. The number of benzene rings is 1. The smallest absolute Gasteiger partial charge is 0.337 e.